The zero-order valence-electron chi connectivity index (χ0n) is 14.1. The molecule has 1 amide bonds. The molecule has 4 rings (SSSR count). The number of benzene rings is 1. The first-order valence-corrected chi connectivity index (χ1v) is 9.77. The van der Waals surface area contributed by atoms with Gasteiger partial charge < -0.3 is 16.2 Å². The third-order valence-corrected chi connectivity index (χ3v) is 7.01. The van der Waals surface area contributed by atoms with E-state index in [1.54, 1.807) is 13.0 Å². The van der Waals surface area contributed by atoms with Crippen molar-refractivity contribution >= 4 is 17.7 Å². The molecule has 0 radical (unpaired) electrons. The van der Waals surface area contributed by atoms with E-state index in [0.29, 0.717) is 12.0 Å². The van der Waals surface area contributed by atoms with Gasteiger partial charge in [0.25, 0.3) is 0 Å². The number of fused-ring (bicyclic) bond motifs is 3. The smallest absolute Gasteiger partial charge is 0.234 e. The molecular formula is C19H23FN2O2S. The highest BCUT2D eigenvalue weighted by Crippen LogP contribution is 2.50. The van der Waals surface area contributed by atoms with Crippen molar-refractivity contribution in [1.29, 1.82) is 0 Å². The van der Waals surface area contributed by atoms with Crippen LogP contribution in [0.15, 0.2) is 29.7 Å². The van der Waals surface area contributed by atoms with Crippen LogP contribution in [-0.4, -0.2) is 28.4 Å². The zero-order chi connectivity index (χ0) is 17.7. The molecule has 7 atom stereocenters. The molecule has 6 heteroatoms. The zero-order valence-corrected chi connectivity index (χ0v) is 14.9. The highest BCUT2D eigenvalue weighted by Gasteiger charge is 2.51. The maximum absolute atomic E-state index is 14.5. The number of thioether (sulfide) groups is 1. The Bertz CT molecular complexity index is 723. The lowest BCUT2D eigenvalue weighted by atomic mass is 9.63. The summed E-state index contributed by atoms with van der Waals surface area (Å²) in [5.74, 6) is -0.269. The van der Waals surface area contributed by atoms with Crippen LogP contribution in [0.25, 0.3) is 0 Å². The van der Waals surface area contributed by atoms with Gasteiger partial charge in [0.1, 0.15) is 5.82 Å². The fourth-order valence-corrected chi connectivity index (χ4v) is 5.80. The first-order valence-electron chi connectivity index (χ1n) is 8.83. The minimum absolute atomic E-state index is 0.0293. The number of aliphatic hydroxyl groups is 1. The molecule has 2 heterocycles. The molecule has 25 heavy (non-hydrogen) atoms. The molecule has 1 aliphatic carbocycles. The van der Waals surface area contributed by atoms with Crippen molar-refractivity contribution in [2.45, 2.75) is 49.1 Å². The third kappa shape index (κ3) is 2.80. The monoisotopic (exact) mass is 362 g/mol. The maximum Gasteiger partial charge on any atom is 0.234 e. The van der Waals surface area contributed by atoms with Gasteiger partial charge in [0, 0.05) is 29.5 Å². The summed E-state index contributed by atoms with van der Waals surface area (Å²) in [6, 6.07) is 4.79. The van der Waals surface area contributed by atoms with Crippen LogP contribution in [0.5, 0.6) is 0 Å². The van der Waals surface area contributed by atoms with Gasteiger partial charge >= 0.3 is 0 Å². The van der Waals surface area contributed by atoms with Crippen molar-refractivity contribution in [1.82, 2.24) is 5.32 Å². The van der Waals surface area contributed by atoms with E-state index in [-0.39, 0.29) is 46.8 Å². The van der Waals surface area contributed by atoms with Crippen molar-refractivity contribution in [3.8, 4) is 0 Å². The Hall–Kier alpha value is -1.37. The van der Waals surface area contributed by atoms with E-state index in [1.165, 1.54) is 17.8 Å². The van der Waals surface area contributed by atoms with E-state index in [0.717, 1.165) is 12.0 Å². The summed E-state index contributed by atoms with van der Waals surface area (Å²) in [6.07, 6.45) is 2.92. The van der Waals surface area contributed by atoms with E-state index in [1.807, 2.05) is 11.5 Å². The predicted molar refractivity (Wildman–Crippen MR) is 96.4 cm³/mol. The number of nitrogens with two attached hydrogens (primary N) is 1. The number of halogens is 1. The number of hydrogen-bond donors (Lipinski definition) is 3. The van der Waals surface area contributed by atoms with Gasteiger partial charge in [-0.05, 0) is 42.7 Å². The summed E-state index contributed by atoms with van der Waals surface area (Å²) in [6.45, 7) is 1.76. The number of carbonyl (C=O) groups is 1. The van der Waals surface area contributed by atoms with Crippen LogP contribution in [0.2, 0.25) is 0 Å². The summed E-state index contributed by atoms with van der Waals surface area (Å²) in [5, 5.41) is 15.7. The quantitative estimate of drug-likeness (QED) is 0.755. The molecule has 0 aromatic heterocycles. The topological polar surface area (TPSA) is 75.3 Å². The second-order valence-electron chi connectivity index (χ2n) is 7.40. The molecular weight excluding hydrogens is 339 g/mol. The number of piperidine rings is 1. The third-order valence-electron chi connectivity index (χ3n) is 5.87. The van der Waals surface area contributed by atoms with E-state index in [4.69, 9.17) is 5.73 Å². The Kier molecular flexibility index (Phi) is 4.38. The molecule has 0 spiro atoms. The number of aliphatic hydroxyl groups excluding tert-OH is 1. The first kappa shape index (κ1) is 17.1. The largest absolute Gasteiger partial charge is 0.392 e. The molecule has 1 saturated heterocycles. The van der Waals surface area contributed by atoms with E-state index >= 15 is 0 Å². The molecule has 1 saturated carbocycles. The number of nitrogens with one attached hydrogen (secondary N) is 1. The molecule has 1 aromatic rings. The van der Waals surface area contributed by atoms with Crippen molar-refractivity contribution < 1.29 is 14.3 Å². The number of carbonyl (C=O) groups excluding carboxylic acids is 1. The number of rotatable bonds is 2. The van der Waals surface area contributed by atoms with Gasteiger partial charge in [0.2, 0.25) is 5.91 Å². The fraction of sp³-hybridized carbons (Fsp3) is 0.526. The van der Waals surface area contributed by atoms with Crippen molar-refractivity contribution in [2.24, 2.45) is 17.6 Å². The van der Waals surface area contributed by atoms with Gasteiger partial charge in [-0.3, -0.25) is 4.79 Å². The molecule has 2 aliphatic heterocycles. The number of hydrogen-bond acceptors (Lipinski definition) is 4. The van der Waals surface area contributed by atoms with Crippen LogP contribution in [0, 0.1) is 17.7 Å². The van der Waals surface area contributed by atoms with Crippen LogP contribution in [0.4, 0.5) is 4.39 Å². The summed E-state index contributed by atoms with van der Waals surface area (Å²) >= 11 is 1.53. The highest BCUT2D eigenvalue weighted by molar-refractivity contribution is 8.03. The first-order chi connectivity index (χ1) is 12.0. The Morgan fingerprint density at radius 1 is 1.40 bits per heavy atom. The van der Waals surface area contributed by atoms with Crippen molar-refractivity contribution in [2.75, 3.05) is 0 Å². The van der Waals surface area contributed by atoms with E-state index in [2.05, 4.69) is 11.4 Å². The Morgan fingerprint density at radius 3 is 2.92 bits per heavy atom. The molecule has 3 aliphatic rings. The summed E-state index contributed by atoms with van der Waals surface area (Å²) in [4.78, 5) is 12.3. The average molecular weight is 362 g/mol. The van der Waals surface area contributed by atoms with Crippen molar-refractivity contribution in [3.63, 3.8) is 0 Å². The molecule has 1 aromatic carbocycles. The molecule has 7 unspecified atom stereocenters. The van der Waals surface area contributed by atoms with E-state index < -0.39 is 6.10 Å². The number of amides is 1. The van der Waals surface area contributed by atoms with Crippen LogP contribution in [0.3, 0.4) is 0 Å². The van der Waals surface area contributed by atoms with Gasteiger partial charge in [-0.2, -0.15) is 0 Å². The highest BCUT2D eigenvalue weighted by atomic mass is 32.2. The van der Waals surface area contributed by atoms with Gasteiger partial charge in [0.05, 0.1) is 11.4 Å². The van der Waals surface area contributed by atoms with Gasteiger partial charge in [-0.25, -0.2) is 4.39 Å². The molecule has 134 valence electrons. The maximum atomic E-state index is 14.5. The Morgan fingerprint density at radius 2 is 2.20 bits per heavy atom. The molecule has 0 bridgehead atoms. The summed E-state index contributed by atoms with van der Waals surface area (Å²) in [5.41, 5.74) is 7.09. The minimum atomic E-state index is -0.531. The van der Waals surface area contributed by atoms with E-state index in [9.17, 15) is 14.3 Å². The van der Waals surface area contributed by atoms with Gasteiger partial charge in [-0.15, -0.1) is 11.8 Å². The lowest BCUT2D eigenvalue weighted by molar-refractivity contribution is -0.126. The summed E-state index contributed by atoms with van der Waals surface area (Å²) in [7, 11) is 0. The lowest BCUT2D eigenvalue weighted by Crippen LogP contribution is -2.59. The SMILES string of the molecule is CC(N)c1ccc(C2C(O)CCC3NC(=O)C4SC=CC4C32)cc1F. The second kappa shape index (κ2) is 6.41. The van der Waals surface area contributed by atoms with Gasteiger partial charge in [-0.1, -0.05) is 18.2 Å². The normalized spacial score (nSPS) is 38.0. The minimum Gasteiger partial charge on any atom is -0.392 e. The van der Waals surface area contributed by atoms with Crippen molar-refractivity contribution in [3.05, 3.63) is 46.6 Å². The second-order valence-corrected chi connectivity index (χ2v) is 8.45. The Labute approximate surface area is 151 Å². The van der Waals surface area contributed by atoms with Crippen LogP contribution >= 0.6 is 11.8 Å². The molecule has 4 nitrogen and oxygen atoms in total. The molecule has 2 fully saturated rings. The van der Waals surface area contributed by atoms with Crippen LogP contribution < -0.4 is 11.1 Å². The lowest BCUT2D eigenvalue weighted by Gasteiger charge is -2.48. The standard InChI is InChI=1S/C19H23FN2O2S/c1-9(21)11-3-2-10(8-13(11)20)16-15(23)5-4-14-17(16)12-6-7-25-18(12)19(24)22-14/h2-3,6-9,12,14-18,23H,4-5,21H2,1H3,(H,22,24). The fourth-order valence-electron chi connectivity index (χ4n) is 4.71. The average Bonchev–Trinajstić information content (AvgIpc) is 3.05. The van der Waals surface area contributed by atoms with Gasteiger partial charge in [0.15, 0.2) is 0 Å². The number of allylic oxidation sites excluding steroid dienone is 1. The molecule has 4 N–H and O–H groups in total. The van der Waals surface area contributed by atoms with Crippen LogP contribution in [-0.2, 0) is 4.79 Å². The van der Waals surface area contributed by atoms with Crippen LogP contribution in [0.1, 0.15) is 42.9 Å². The Balaban J connectivity index is 1.73. The predicted octanol–water partition coefficient (Wildman–Crippen LogP) is 2.44. The summed E-state index contributed by atoms with van der Waals surface area (Å²) < 4.78 is 14.5.